The van der Waals surface area contributed by atoms with Crippen LogP contribution in [0.4, 0.5) is 0 Å². The summed E-state index contributed by atoms with van der Waals surface area (Å²) < 4.78 is 0. The van der Waals surface area contributed by atoms with E-state index in [-0.39, 0.29) is 0 Å². The number of carbonyl (C=O) groups excluding carboxylic acids is 1. The molecule has 0 bridgehead atoms. The topological polar surface area (TPSA) is 30.0 Å². The van der Waals surface area contributed by atoms with Gasteiger partial charge in [-0.25, -0.2) is 4.98 Å². The molecule has 0 amide bonds. The molecule has 4 heteroatoms. The van der Waals surface area contributed by atoms with Crippen molar-refractivity contribution in [2.24, 2.45) is 0 Å². The molecule has 1 aromatic heterocycles. The van der Waals surface area contributed by atoms with Crippen molar-refractivity contribution in [3.8, 4) is 11.3 Å². The summed E-state index contributed by atoms with van der Waals surface area (Å²) in [6, 6.07) is 15.3. The second-order valence-electron chi connectivity index (χ2n) is 5.77. The summed E-state index contributed by atoms with van der Waals surface area (Å²) in [6.07, 6.45) is 3.42. The first-order valence-electron chi connectivity index (χ1n) is 7.98. The smallest absolute Gasteiger partial charge is 0.253 e. The molecule has 3 aromatic rings. The van der Waals surface area contributed by atoms with Crippen LogP contribution in [0.3, 0.4) is 0 Å². The van der Waals surface area contributed by atoms with E-state index >= 15 is 0 Å². The van der Waals surface area contributed by atoms with Gasteiger partial charge in [0.15, 0.2) is 0 Å². The molecule has 0 radical (unpaired) electrons. The quantitative estimate of drug-likeness (QED) is 0.503. The number of nitrogens with zero attached hydrogens (tertiary/aromatic N) is 1. The molecule has 0 saturated carbocycles. The highest BCUT2D eigenvalue weighted by Crippen LogP contribution is 2.30. The molecule has 1 heterocycles. The molecule has 0 unspecified atom stereocenters. The van der Waals surface area contributed by atoms with Gasteiger partial charge in [0, 0.05) is 16.5 Å². The molecule has 0 aliphatic carbocycles. The summed E-state index contributed by atoms with van der Waals surface area (Å²) in [6.45, 7) is 2.18. The van der Waals surface area contributed by atoms with Gasteiger partial charge in [-0.3, -0.25) is 4.79 Å². The maximum absolute atomic E-state index is 11.8. The molecule has 2 aromatic carbocycles. The minimum absolute atomic E-state index is 0.425. The van der Waals surface area contributed by atoms with Gasteiger partial charge in [-0.05, 0) is 42.1 Å². The van der Waals surface area contributed by atoms with Crippen molar-refractivity contribution >= 4 is 39.3 Å². The van der Waals surface area contributed by atoms with Crippen molar-refractivity contribution in [2.45, 2.75) is 26.2 Å². The Balaban J connectivity index is 2.09. The van der Waals surface area contributed by atoms with Crippen LogP contribution in [-0.2, 0) is 6.42 Å². The predicted octanol–water partition coefficient (Wildman–Crippen LogP) is 6.28. The number of carbonyl (C=O) groups is 1. The van der Waals surface area contributed by atoms with Crippen LogP contribution in [0.15, 0.2) is 48.5 Å². The Morgan fingerprint density at radius 2 is 1.88 bits per heavy atom. The third-order valence-electron chi connectivity index (χ3n) is 4.07. The number of hydrogen-bond acceptors (Lipinski definition) is 2. The zero-order valence-corrected chi connectivity index (χ0v) is 14.9. The number of para-hydroxylation sites is 1. The number of aryl methyl sites for hydroxylation is 1. The van der Waals surface area contributed by atoms with Gasteiger partial charge in [0.05, 0.1) is 16.2 Å². The lowest BCUT2D eigenvalue weighted by atomic mass is 10.0. The average Bonchev–Trinajstić information content (AvgIpc) is 2.60. The van der Waals surface area contributed by atoms with E-state index in [0.29, 0.717) is 27.2 Å². The Labute approximate surface area is 151 Å². The minimum Gasteiger partial charge on any atom is -0.276 e. The summed E-state index contributed by atoms with van der Waals surface area (Å²) in [5.41, 5.74) is 3.95. The number of rotatable bonds is 5. The predicted molar refractivity (Wildman–Crippen MR) is 101 cm³/mol. The van der Waals surface area contributed by atoms with Gasteiger partial charge in [-0.15, -0.1) is 0 Å². The monoisotopic (exact) mass is 357 g/mol. The normalized spacial score (nSPS) is 11.0. The standard InChI is InChI=1S/C20H17Cl2NO/c1-2-3-5-13-8-10-14(11-9-13)18-12-16(20(22)24)15-6-4-7-17(21)19(15)23-18/h4,6-12H,2-3,5H2,1H3. The number of halogens is 2. The number of aromatic nitrogens is 1. The first-order valence-corrected chi connectivity index (χ1v) is 8.74. The summed E-state index contributed by atoms with van der Waals surface area (Å²) in [7, 11) is 0. The molecular formula is C20H17Cl2NO. The van der Waals surface area contributed by atoms with Crippen molar-refractivity contribution < 1.29 is 4.79 Å². The lowest BCUT2D eigenvalue weighted by Gasteiger charge is -2.09. The van der Waals surface area contributed by atoms with Crippen molar-refractivity contribution in [1.29, 1.82) is 0 Å². The molecule has 0 atom stereocenters. The number of pyridine rings is 1. The molecule has 0 spiro atoms. The van der Waals surface area contributed by atoms with Gasteiger partial charge in [0.1, 0.15) is 0 Å². The SMILES string of the molecule is CCCCc1ccc(-c2cc(C(=O)Cl)c3cccc(Cl)c3n2)cc1. The van der Waals surface area contributed by atoms with Gasteiger partial charge < -0.3 is 0 Å². The highest BCUT2D eigenvalue weighted by Gasteiger charge is 2.14. The second-order valence-corrected chi connectivity index (χ2v) is 6.52. The lowest BCUT2D eigenvalue weighted by molar-refractivity contribution is 0.108. The highest BCUT2D eigenvalue weighted by molar-refractivity contribution is 6.68. The Hall–Kier alpha value is -1.90. The third-order valence-corrected chi connectivity index (χ3v) is 4.58. The second kappa shape index (κ2) is 7.33. The first kappa shape index (κ1) is 16.9. The highest BCUT2D eigenvalue weighted by atomic mass is 35.5. The molecule has 0 aliphatic rings. The molecular weight excluding hydrogens is 341 g/mol. The Bertz CT molecular complexity index is 888. The fraction of sp³-hybridized carbons (Fsp3) is 0.200. The largest absolute Gasteiger partial charge is 0.276 e. The van der Waals surface area contributed by atoms with Crippen LogP contribution in [0.1, 0.15) is 35.7 Å². The van der Waals surface area contributed by atoms with E-state index in [1.54, 1.807) is 24.3 Å². The molecule has 3 rings (SSSR count). The average molecular weight is 358 g/mol. The van der Waals surface area contributed by atoms with Crippen molar-refractivity contribution in [3.05, 3.63) is 64.7 Å². The van der Waals surface area contributed by atoms with Crippen LogP contribution >= 0.6 is 23.2 Å². The number of unbranched alkanes of at least 4 members (excludes halogenated alkanes) is 1. The van der Waals surface area contributed by atoms with Crippen molar-refractivity contribution in [3.63, 3.8) is 0 Å². The maximum Gasteiger partial charge on any atom is 0.253 e. The summed E-state index contributed by atoms with van der Waals surface area (Å²) in [4.78, 5) is 16.5. The van der Waals surface area contributed by atoms with E-state index in [0.717, 1.165) is 12.0 Å². The van der Waals surface area contributed by atoms with Crippen LogP contribution in [0, 0.1) is 0 Å². The van der Waals surface area contributed by atoms with Gasteiger partial charge >= 0.3 is 0 Å². The van der Waals surface area contributed by atoms with Crippen LogP contribution in [-0.4, -0.2) is 10.2 Å². The van der Waals surface area contributed by atoms with Crippen LogP contribution in [0.25, 0.3) is 22.2 Å². The van der Waals surface area contributed by atoms with Crippen LogP contribution < -0.4 is 0 Å². The van der Waals surface area contributed by atoms with Crippen molar-refractivity contribution in [2.75, 3.05) is 0 Å². The Morgan fingerprint density at radius 1 is 1.12 bits per heavy atom. The number of hydrogen-bond donors (Lipinski definition) is 0. The minimum atomic E-state index is -0.509. The zero-order chi connectivity index (χ0) is 17.1. The van der Waals surface area contributed by atoms with Gasteiger partial charge in [0.2, 0.25) is 0 Å². The molecule has 0 fully saturated rings. The fourth-order valence-corrected chi connectivity index (χ4v) is 3.12. The molecule has 0 N–H and O–H groups in total. The van der Waals surface area contributed by atoms with Crippen LogP contribution in [0.5, 0.6) is 0 Å². The van der Waals surface area contributed by atoms with Gasteiger partial charge in [-0.1, -0.05) is 61.3 Å². The summed E-state index contributed by atoms with van der Waals surface area (Å²) in [5, 5.41) is 0.671. The van der Waals surface area contributed by atoms with Gasteiger partial charge in [0.25, 0.3) is 5.24 Å². The fourth-order valence-electron chi connectivity index (χ4n) is 2.75. The van der Waals surface area contributed by atoms with E-state index in [9.17, 15) is 4.79 Å². The van der Waals surface area contributed by atoms with E-state index in [1.807, 2.05) is 12.1 Å². The third kappa shape index (κ3) is 3.45. The Morgan fingerprint density at radius 3 is 2.54 bits per heavy atom. The van der Waals surface area contributed by atoms with E-state index in [4.69, 9.17) is 23.2 Å². The van der Waals surface area contributed by atoms with Crippen molar-refractivity contribution in [1.82, 2.24) is 4.98 Å². The zero-order valence-electron chi connectivity index (χ0n) is 13.4. The van der Waals surface area contributed by atoms with Crippen LogP contribution in [0.2, 0.25) is 5.02 Å². The molecule has 0 aliphatic heterocycles. The van der Waals surface area contributed by atoms with E-state index in [1.165, 1.54) is 18.4 Å². The lowest BCUT2D eigenvalue weighted by Crippen LogP contribution is -1.96. The number of benzene rings is 2. The molecule has 122 valence electrons. The maximum atomic E-state index is 11.8. The number of fused-ring (bicyclic) bond motifs is 1. The van der Waals surface area contributed by atoms with E-state index < -0.39 is 5.24 Å². The molecule has 24 heavy (non-hydrogen) atoms. The summed E-state index contributed by atoms with van der Waals surface area (Å²) >= 11 is 12.0. The molecule has 2 nitrogen and oxygen atoms in total. The van der Waals surface area contributed by atoms with E-state index in [2.05, 4.69) is 24.0 Å². The molecule has 0 saturated heterocycles. The summed E-state index contributed by atoms with van der Waals surface area (Å²) in [5.74, 6) is 0. The first-order chi connectivity index (χ1) is 11.6. The Kier molecular flexibility index (Phi) is 5.17. The van der Waals surface area contributed by atoms with Gasteiger partial charge in [-0.2, -0.15) is 0 Å².